The normalized spacial score (nSPS) is 11.4. The molecule has 1 rings (SSSR count). The topological polar surface area (TPSA) is 43.1 Å². The third-order valence-electron chi connectivity index (χ3n) is 1.74. The lowest BCUT2D eigenvalue weighted by molar-refractivity contribution is -0.385. The number of halogens is 3. The smallest absolute Gasteiger partial charge is 0.258 e. The van der Waals surface area contributed by atoms with Crippen LogP contribution in [0.3, 0.4) is 0 Å². The van der Waals surface area contributed by atoms with Gasteiger partial charge in [-0.05, 0) is 0 Å². The van der Waals surface area contributed by atoms with Gasteiger partial charge in [0.15, 0.2) is 0 Å². The highest BCUT2D eigenvalue weighted by Gasteiger charge is 2.33. The highest BCUT2D eigenvalue weighted by molar-refractivity contribution is 6.33. The SMILES string of the molecule is Bc1ccc([N+](=O)[O-])cc1C(F)(F)F. The second-order valence-corrected chi connectivity index (χ2v) is 2.75. The Balaban J connectivity index is 3.29. The van der Waals surface area contributed by atoms with Crippen molar-refractivity contribution in [1.29, 1.82) is 0 Å². The summed E-state index contributed by atoms with van der Waals surface area (Å²) in [6.07, 6.45) is -4.55. The van der Waals surface area contributed by atoms with Crippen molar-refractivity contribution < 1.29 is 18.1 Å². The molecule has 0 unspecified atom stereocenters. The van der Waals surface area contributed by atoms with Crippen molar-refractivity contribution in [2.75, 3.05) is 0 Å². The predicted molar refractivity (Wildman–Crippen MR) is 46.3 cm³/mol. The number of benzene rings is 1. The summed E-state index contributed by atoms with van der Waals surface area (Å²) in [4.78, 5) is 9.38. The van der Waals surface area contributed by atoms with Crippen LogP contribution in [0.15, 0.2) is 18.2 Å². The van der Waals surface area contributed by atoms with Gasteiger partial charge >= 0.3 is 6.18 Å². The van der Waals surface area contributed by atoms with Gasteiger partial charge in [-0.1, -0.05) is 11.5 Å². The fourth-order valence-corrected chi connectivity index (χ4v) is 1.03. The van der Waals surface area contributed by atoms with Crippen LogP contribution in [0.2, 0.25) is 0 Å². The average Bonchev–Trinajstić information content (AvgIpc) is 2.02. The molecule has 0 aliphatic heterocycles. The molecule has 0 heterocycles. The minimum atomic E-state index is -4.55. The molecular formula is C7H5BF3NO2. The number of nitrogens with zero attached hydrogens (tertiary/aromatic N) is 1. The first kappa shape index (κ1) is 10.6. The minimum absolute atomic E-state index is 0.0249. The Labute approximate surface area is 78.1 Å². The maximum absolute atomic E-state index is 12.3. The molecule has 0 fully saturated rings. The van der Waals surface area contributed by atoms with E-state index in [1.54, 1.807) is 0 Å². The van der Waals surface area contributed by atoms with Gasteiger partial charge in [-0.15, -0.1) is 0 Å². The van der Waals surface area contributed by atoms with Crippen molar-refractivity contribution in [3.8, 4) is 0 Å². The number of nitro benzene ring substituents is 1. The van der Waals surface area contributed by atoms with Crippen LogP contribution in [0, 0.1) is 10.1 Å². The van der Waals surface area contributed by atoms with E-state index >= 15 is 0 Å². The Kier molecular flexibility index (Phi) is 2.50. The minimum Gasteiger partial charge on any atom is -0.258 e. The van der Waals surface area contributed by atoms with Crippen LogP contribution in [0.5, 0.6) is 0 Å². The van der Waals surface area contributed by atoms with E-state index in [1.165, 1.54) is 7.85 Å². The Morgan fingerprint density at radius 2 is 1.93 bits per heavy atom. The molecule has 0 radical (unpaired) electrons. The molecule has 1 aromatic carbocycles. The Morgan fingerprint density at radius 1 is 1.36 bits per heavy atom. The number of alkyl halides is 3. The molecular weight excluding hydrogens is 198 g/mol. The van der Waals surface area contributed by atoms with Crippen LogP contribution in [0.4, 0.5) is 18.9 Å². The van der Waals surface area contributed by atoms with Gasteiger partial charge in [0.25, 0.3) is 5.69 Å². The molecule has 74 valence electrons. The first-order valence-electron chi connectivity index (χ1n) is 3.64. The third-order valence-corrected chi connectivity index (χ3v) is 1.74. The van der Waals surface area contributed by atoms with Crippen LogP contribution >= 0.6 is 0 Å². The molecule has 0 aliphatic carbocycles. The van der Waals surface area contributed by atoms with Crippen LogP contribution in [0.1, 0.15) is 5.56 Å². The molecule has 0 spiro atoms. The molecule has 0 aromatic heterocycles. The quantitative estimate of drug-likeness (QED) is 0.386. The van der Waals surface area contributed by atoms with E-state index in [0.29, 0.717) is 6.07 Å². The zero-order valence-electron chi connectivity index (χ0n) is 7.13. The largest absolute Gasteiger partial charge is 0.416 e. The maximum Gasteiger partial charge on any atom is 0.416 e. The predicted octanol–water partition coefficient (Wildman–Crippen LogP) is 0.872. The summed E-state index contributed by atoms with van der Waals surface area (Å²) in [7, 11) is 1.26. The Hall–Kier alpha value is -1.53. The molecule has 0 saturated heterocycles. The zero-order chi connectivity index (χ0) is 10.9. The van der Waals surface area contributed by atoms with Gasteiger partial charge in [0.2, 0.25) is 0 Å². The summed E-state index contributed by atoms with van der Waals surface area (Å²) in [6, 6.07) is 2.67. The summed E-state index contributed by atoms with van der Waals surface area (Å²) in [5.74, 6) is 0. The fourth-order valence-electron chi connectivity index (χ4n) is 1.03. The molecule has 1 aromatic rings. The number of hydrogen-bond acceptors (Lipinski definition) is 2. The summed E-state index contributed by atoms with van der Waals surface area (Å²) in [5, 5.41) is 10.2. The van der Waals surface area contributed by atoms with Gasteiger partial charge in [-0.25, -0.2) is 0 Å². The van der Waals surface area contributed by atoms with Crippen molar-refractivity contribution in [2.45, 2.75) is 6.18 Å². The second-order valence-electron chi connectivity index (χ2n) is 2.75. The molecule has 0 aliphatic rings. The van der Waals surface area contributed by atoms with Crippen LogP contribution < -0.4 is 5.46 Å². The molecule has 0 bridgehead atoms. The standard InChI is InChI=1S/C7H5BF3NO2/c8-6-2-1-4(12(13)14)3-5(6)7(9,10)11/h1-3H,8H2. The van der Waals surface area contributed by atoms with E-state index in [1.807, 2.05) is 0 Å². The lowest BCUT2D eigenvalue weighted by Crippen LogP contribution is -2.19. The highest BCUT2D eigenvalue weighted by atomic mass is 19.4. The van der Waals surface area contributed by atoms with Crippen molar-refractivity contribution in [2.24, 2.45) is 0 Å². The van der Waals surface area contributed by atoms with Gasteiger partial charge in [0.05, 0.1) is 10.5 Å². The monoisotopic (exact) mass is 203 g/mol. The van der Waals surface area contributed by atoms with Gasteiger partial charge in [-0.3, -0.25) is 10.1 Å². The van der Waals surface area contributed by atoms with Crippen molar-refractivity contribution in [1.82, 2.24) is 0 Å². The van der Waals surface area contributed by atoms with Crippen LogP contribution in [0.25, 0.3) is 0 Å². The summed E-state index contributed by atoms with van der Waals surface area (Å²) < 4.78 is 36.8. The first-order valence-corrected chi connectivity index (χ1v) is 3.64. The van der Waals surface area contributed by atoms with Crippen molar-refractivity contribution in [3.63, 3.8) is 0 Å². The molecule has 0 amide bonds. The van der Waals surface area contributed by atoms with Gasteiger partial charge in [0, 0.05) is 12.1 Å². The lowest BCUT2D eigenvalue weighted by atomic mass is 9.90. The molecule has 0 atom stereocenters. The second kappa shape index (κ2) is 3.32. The van der Waals surface area contributed by atoms with Gasteiger partial charge < -0.3 is 0 Å². The fraction of sp³-hybridized carbons (Fsp3) is 0.143. The van der Waals surface area contributed by atoms with E-state index < -0.39 is 22.4 Å². The highest BCUT2D eigenvalue weighted by Crippen LogP contribution is 2.29. The maximum atomic E-state index is 12.3. The molecule has 7 heteroatoms. The number of hydrogen-bond donors (Lipinski definition) is 0. The van der Waals surface area contributed by atoms with Crippen LogP contribution in [-0.4, -0.2) is 12.8 Å². The number of non-ortho nitro benzene ring substituents is 1. The molecule has 14 heavy (non-hydrogen) atoms. The molecule has 0 saturated carbocycles. The number of rotatable bonds is 1. The molecule has 3 nitrogen and oxygen atoms in total. The van der Waals surface area contributed by atoms with E-state index in [2.05, 4.69) is 0 Å². The average molecular weight is 203 g/mol. The molecule has 0 N–H and O–H groups in total. The van der Waals surface area contributed by atoms with E-state index in [0.717, 1.165) is 12.1 Å². The summed E-state index contributed by atoms with van der Waals surface area (Å²) in [5.41, 5.74) is -1.54. The van der Waals surface area contributed by atoms with Crippen LogP contribution in [-0.2, 0) is 6.18 Å². The van der Waals surface area contributed by atoms with Crippen molar-refractivity contribution >= 4 is 19.0 Å². The zero-order valence-corrected chi connectivity index (χ0v) is 7.13. The third kappa shape index (κ3) is 2.04. The van der Waals surface area contributed by atoms with Crippen molar-refractivity contribution in [3.05, 3.63) is 33.9 Å². The van der Waals surface area contributed by atoms with E-state index in [9.17, 15) is 23.3 Å². The number of nitro groups is 1. The Morgan fingerprint density at radius 3 is 2.36 bits per heavy atom. The Bertz CT molecular complexity index is 378. The van der Waals surface area contributed by atoms with Gasteiger partial charge in [0.1, 0.15) is 7.85 Å². The summed E-state index contributed by atoms with van der Waals surface area (Å²) in [6.45, 7) is 0. The van der Waals surface area contributed by atoms with E-state index in [4.69, 9.17) is 0 Å². The summed E-state index contributed by atoms with van der Waals surface area (Å²) >= 11 is 0. The van der Waals surface area contributed by atoms with E-state index in [-0.39, 0.29) is 5.46 Å². The first-order chi connectivity index (χ1) is 6.32. The van der Waals surface area contributed by atoms with Gasteiger partial charge in [-0.2, -0.15) is 13.2 Å². The lowest BCUT2D eigenvalue weighted by Gasteiger charge is -2.09.